The lowest BCUT2D eigenvalue weighted by atomic mass is 10.1. The first-order chi connectivity index (χ1) is 13.6. The first kappa shape index (κ1) is 23.3. The van der Waals surface area contributed by atoms with Gasteiger partial charge in [0, 0.05) is 17.8 Å². The third-order valence-corrected chi connectivity index (χ3v) is 5.38. The van der Waals surface area contributed by atoms with Crippen LogP contribution in [-0.4, -0.2) is 32.3 Å². The normalized spacial score (nSPS) is 13.8. The van der Waals surface area contributed by atoms with Crippen molar-refractivity contribution in [3.05, 3.63) is 51.3 Å². The molecule has 3 N–H and O–H groups in total. The molecule has 0 aliphatic rings. The summed E-state index contributed by atoms with van der Waals surface area (Å²) in [7, 11) is -2.84. The summed E-state index contributed by atoms with van der Waals surface area (Å²) in [4.78, 5) is 27.1. The molecule has 12 heteroatoms. The molecular weight excluding hydrogens is 446 g/mol. The fourth-order valence-electron chi connectivity index (χ4n) is 2.15. The Morgan fingerprint density at radius 1 is 1.38 bits per heavy atom. The third kappa shape index (κ3) is 5.99. The molecule has 0 fully saturated rings. The van der Waals surface area contributed by atoms with Gasteiger partial charge in [-0.05, 0) is 26.0 Å². The average molecular weight is 463 g/mol. The highest BCUT2D eigenvalue weighted by Gasteiger charge is 2.28. The Bertz CT molecular complexity index is 942. The Kier molecular flexibility index (Phi) is 8.15. The SMILES string of the molecule is Cc1ncc(C(Oc2ccc(Cl)c(Cl)c2)O/[P+]([O-])=N/C(C)C(=O)O)c(CO)c1O. The number of rotatable bonds is 8. The Labute approximate surface area is 177 Å². The number of carboxylic acid groups (broad SMARTS) is 1. The highest BCUT2D eigenvalue weighted by Crippen LogP contribution is 2.37. The second kappa shape index (κ2) is 10.2. The van der Waals surface area contributed by atoms with Gasteiger partial charge in [-0.15, -0.1) is 4.52 Å². The van der Waals surface area contributed by atoms with E-state index in [-0.39, 0.29) is 38.4 Å². The van der Waals surface area contributed by atoms with Crippen LogP contribution in [0, 0.1) is 6.92 Å². The number of halogens is 2. The van der Waals surface area contributed by atoms with Crippen molar-refractivity contribution in [2.75, 3.05) is 0 Å². The van der Waals surface area contributed by atoms with Gasteiger partial charge in [0.1, 0.15) is 11.5 Å². The predicted molar refractivity (Wildman–Crippen MR) is 104 cm³/mol. The molecule has 3 atom stereocenters. The molecule has 1 heterocycles. The van der Waals surface area contributed by atoms with Crippen molar-refractivity contribution in [2.45, 2.75) is 32.8 Å². The number of aliphatic hydroxyl groups is 1. The molecule has 0 saturated carbocycles. The molecule has 2 rings (SSSR count). The molecular formula is C17H17Cl2N2O7P. The number of carboxylic acids is 1. The van der Waals surface area contributed by atoms with Gasteiger partial charge in [0.15, 0.2) is 6.04 Å². The van der Waals surface area contributed by atoms with Crippen LogP contribution in [0.1, 0.15) is 30.0 Å². The van der Waals surface area contributed by atoms with Gasteiger partial charge in [-0.2, -0.15) is 0 Å². The maximum absolute atomic E-state index is 12.2. The van der Waals surface area contributed by atoms with E-state index in [1.165, 1.54) is 38.2 Å². The number of aryl methyl sites for hydroxylation is 1. The number of aromatic hydroxyl groups is 1. The van der Waals surface area contributed by atoms with E-state index in [2.05, 4.69) is 9.73 Å². The lowest BCUT2D eigenvalue weighted by Gasteiger charge is -2.19. The number of hydrogen-bond acceptors (Lipinski definition) is 8. The molecule has 0 saturated heterocycles. The Balaban J connectivity index is 2.46. The number of aromatic nitrogens is 1. The molecule has 1 aromatic carbocycles. The third-order valence-electron chi connectivity index (χ3n) is 3.73. The second-order valence-electron chi connectivity index (χ2n) is 5.78. The Morgan fingerprint density at radius 3 is 2.66 bits per heavy atom. The van der Waals surface area contributed by atoms with E-state index in [1.54, 1.807) is 0 Å². The van der Waals surface area contributed by atoms with E-state index in [4.69, 9.17) is 37.6 Å². The summed E-state index contributed by atoms with van der Waals surface area (Å²) < 4.78 is 14.5. The van der Waals surface area contributed by atoms with Gasteiger partial charge in [0.25, 0.3) is 6.29 Å². The van der Waals surface area contributed by atoms with E-state index in [0.717, 1.165) is 0 Å². The fraction of sp³-hybridized carbons (Fsp3) is 0.294. The van der Waals surface area contributed by atoms with Crippen LogP contribution in [-0.2, 0) is 15.9 Å². The maximum atomic E-state index is 12.2. The molecule has 0 bridgehead atoms. The van der Waals surface area contributed by atoms with Crippen LogP contribution >= 0.6 is 31.4 Å². The summed E-state index contributed by atoms with van der Waals surface area (Å²) in [5, 5.41) is 29.2. The summed E-state index contributed by atoms with van der Waals surface area (Å²) in [6.45, 7) is 2.17. The Morgan fingerprint density at radius 2 is 2.07 bits per heavy atom. The lowest BCUT2D eigenvalue weighted by Crippen LogP contribution is -2.16. The molecule has 156 valence electrons. The largest absolute Gasteiger partial charge is 0.583 e. The molecule has 9 nitrogen and oxygen atoms in total. The first-order valence-electron chi connectivity index (χ1n) is 8.11. The number of ether oxygens (including phenoxy) is 1. The zero-order valence-electron chi connectivity index (χ0n) is 15.2. The number of aliphatic carboxylic acids is 1. The second-order valence-corrected chi connectivity index (χ2v) is 7.51. The first-order valence-corrected chi connectivity index (χ1v) is 10.00. The topological polar surface area (TPSA) is 145 Å². The van der Waals surface area contributed by atoms with Gasteiger partial charge in [-0.1, -0.05) is 27.9 Å². The fourth-order valence-corrected chi connectivity index (χ4v) is 3.19. The number of benzene rings is 1. The number of carbonyl (C=O) groups is 1. The quantitative estimate of drug-likeness (QED) is 0.400. The van der Waals surface area contributed by atoms with Crippen LogP contribution < -0.4 is 9.63 Å². The van der Waals surface area contributed by atoms with E-state index in [9.17, 15) is 19.9 Å². The van der Waals surface area contributed by atoms with E-state index in [0.29, 0.717) is 0 Å². The van der Waals surface area contributed by atoms with Gasteiger partial charge in [0.2, 0.25) is 0 Å². The van der Waals surface area contributed by atoms with Gasteiger partial charge in [-0.3, -0.25) is 4.98 Å². The minimum atomic E-state index is -2.84. The van der Waals surface area contributed by atoms with Gasteiger partial charge >= 0.3 is 14.1 Å². The standard InChI is InChI=1S/C17H17Cl2N2O7P/c1-8-15(23)12(7-22)11(6-20-8)17(28-29(26)21-9(2)16(24)25)27-10-3-4-13(18)14(19)5-10/h3-6,9,17,22-23H,7H2,1-2H3,(H,24,25). The molecule has 0 amide bonds. The summed E-state index contributed by atoms with van der Waals surface area (Å²) in [6.07, 6.45) is -0.186. The minimum absolute atomic E-state index is 0.0391. The van der Waals surface area contributed by atoms with E-state index < -0.39 is 33.1 Å². The smallest absolute Gasteiger partial charge is 0.346 e. The molecule has 0 spiro atoms. The zero-order chi connectivity index (χ0) is 21.7. The van der Waals surface area contributed by atoms with Crippen molar-refractivity contribution >= 4 is 37.3 Å². The molecule has 0 aliphatic carbocycles. The summed E-state index contributed by atoms with van der Waals surface area (Å²) in [6, 6.07) is 3.02. The Hall–Kier alpha value is -2.00. The number of nitrogens with zero attached hydrogens (tertiary/aromatic N) is 2. The van der Waals surface area contributed by atoms with Crippen LogP contribution in [0.2, 0.25) is 10.0 Å². The minimum Gasteiger partial charge on any atom is -0.583 e. The molecule has 1 aromatic heterocycles. The predicted octanol–water partition coefficient (Wildman–Crippen LogP) is 3.32. The average Bonchev–Trinajstić information content (AvgIpc) is 2.66. The lowest BCUT2D eigenvalue weighted by molar-refractivity contribution is -0.189. The van der Waals surface area contributed by atoms with Crippen LogP contribution in [0.3, 0.4) is 0 Å². The molecule has 3 unspecified atom stereocenters. The molecule has 0 radical (unpaired) electrons. The summed E-state index contributed by atoms with van der Waals surface area (Å²) >= 11 is 11.8. The molecule has 2 aromatic rings. The van der Waals surface area contributed by atoms with Crippen molar-refractivity contribution in [2.24, 2.45) is 4.74 Å². The molecule has 0 aliphatic heterocycles. The summed E-state index contributed by atoms with van der Waals surface area (Å²) in [5.41, 5.74) is 0.361. The van der Waals surface area contributed by atoms with Crippen molar-refractivity contribution in [1.29, 1.82) is 0 Å². The monoisotopic (exact) mass is 462 g/mol. The van der Waals surface area contributed by atoms with Crippen LogP contribution in [0.25, 0.3) is 0 Å². The number of hydrogen-bond donors (Lipinski definition) is 3. The van der Waals surface area contributed by atoms with Crippen LogP contribution in [0.15, 0.2) is 29.1 Å². The van der Waals surface area contributed by atoms with Crippen molar-refractivity contribution < 1.29 is 34.3 Å². The van der Waals surface area contributed by atoms with Crippen LogP contribution in [0.4, 0.5) is 0 Å². The molecule has 29 heavy (non-hydrogen) atoms. The van der Waals surface area contributed by atoms with E-state index in [1.807, 2.05) is 0 Å². The van der Waals surface area contributed by atoms with Gasteiger partial charge in [0.05, 0.1) is 27.9 Å². The highest BCUT2D eigenvalue weighted by atomic mass is 35.5. The maximum Gasteiger partial charge on any atom is 0.346 e. The van der Waals surface area contributed by atoms with Crippen LogP contribution in [0.5, 0.6) is 11.5 Å². The number of aliphatic hydroxyl groups excluding tert-OH is 1. The highest BCUT2D eigenvalue weighted by molar-refractivity contribution is 7.33. The number of pyridine rings is 1. The van der Waals surface area contributed by atoms with Gasteiger partial charge < -0.3 is 24.9 Å². The van der Waals surface area contributed by atoms with Crippen molar-refractivity contribution in [3.8, 4) is 11.5 Å². The summed E-state index contributed by atoms with van der Waals surface area (Å²) in [5.74, 6) is -1.41. The van der Waals surface area contributed by atoms with Crippen molar-refractivity contribution in [3.63, 3.8) is 0 Å². The zero-order valence-corrected chi connectivity index (χ0v) is 17.6. The van der Waals surface area contributed by atoms with Gasteiger partial charge in [-0.25, -0.2) is 4.79 Å². The van der Waals surface area contributed by atoms with E-state index >= 15 is 0 Å². The van der Waals surface area contributed by atoms with Crippen molar-refractivity contribution in [1.82, 2.24) is 4.98 Å².